The molecule has 0 radical (unpaired) electrons. The number of carbonyl (C=O) groups excluding carboxylic acids is 2. The Morgan fingerprint density at radius 2 is 2.23 bits per heavy atom. The second-order valence-electron chi connectivity index (χ2n) is 3.56. The van der Waals surface area contributed by atoms with Crippen LogP contribution in [0, 0.1) is 0 Å². The second-order valence-corrected chi connectivity index (χ2v) is 7.78. The molecule has 0 atom stereocenters. The maximum atomic E-state index is 12.2. The van der Waals surface area contributed by atoms with Gasteiger partial charge in [-0.05, 0) is 0 Å². The number of nitrogens with one attached hydrogen (secondary N) is 1. The molecule has 0 aromatic carbocycles. The molecule has 0 spiro atoms. The van der Waals surface area contributed by atoms with E-state index >= 15 is 0 Å². The van der Waals surface area contributed by atoms with Crippen LogP contribution in [0.3, 0.4) is 0 Å². The summed E-state index contributed by atoms with van der Waals surface area (Å²) in [6.45, 7) is 3.53. The summed E-state index contributed by atoms with van der Waals surface area (Å²) in [5, 5.41) is 4.93. The Labute approximate surface area is 153 Å². The minimum atomic E-state index is -0.469. The van der Waals surface area contributed by atoms with Crippen molar-refractivity contribution >= 4 is 77.8 Å². The number of hydrogen-bond acceptors (Lipinski definition) is 4. The molecular formula is C13H12Cl2N2O2S2Se. The molecular weight excluding hydrogens is 430 g/mol. The third-order valence-electron chi connectivity index (χ3n) is 2.23. The second kappa shape index (κ2) is 9.55. The van der Waals surface area contributed by atoms with Gasteiger partial charge in [-0.3, -0.25) is 0 Å². The molecule has 0 unspecified atom stereocenters. The van der Waals surface area contributed by atoms with E-state index in [4.69, 9.17) is 23.2 Å². The molecule has 1 aromatic heterocycles. The number of nitrogens with zero attached hydrogens (tertiary/aromatic N) is 1. The Morgan fingerprint density at radius 3 is 2.68 bits per heavy atom. The van der Waals surface area contributed by atoms with Crippen molar-refractivity contribution in [3.8, 4) is 0 Å². The van der Waals surface area contributed by atoms with E-state index in [1.807, 2.05) is 5.82 Å². The van der Waals surface area contributed by atoms with Crippen molar-refractivity contribution in [3.05, 3.63) is 43.9 Å². The van der Waals surface area contributed by atoms with Crippen LogP contribution in [0.2, 0.25) is 10.8 Å². The molecule has 22 heavy (non-hydrogen) atoms. The van der Waals surface area contributed by atoms with E-state index in [1.165, 1.54) is 29.2 Å². The number of aliphatic imine (C=N–C) groups is 1. The number of rotatable bonds is 5. The van der Waals surface area contributed by atoms with Crippen LogP contribution in [0.4, 0.5) is 0 Å². The van der Waals surface area contributed by atoms with Crippen molar-refractivity contribution in [2.75, 3.05) is 6.26 Å². The van der Waals surface area contributed by atoms with Crippen molar-refractivity contribution in [1.29, 1.82) is 0 Å². The summed E-state index contributed by atoms with van der Waals surface area (Å²) in [4.78, 5) is 28.8. The van der Waals surface area contributed by atoms with Gasteiger partial charge in [-0.25, -0.2) is 0 Å². The van der Waals surface area contributed by atoms with Crippen LogP contribution in [0.15, 0.2) is 39.0 Å². The van der Waals surface area contributed by atoms with Crippen LogP contribution in [-0.2, 0) is 4.79 Å². The standard InChI is InChI=1S/C13H12Cl2N2O2S2Se/c1-4-7(14)9(20-2)11(18)16-13(22-3)17-12(19)10-8(15)5-6-21-10/h4-6H,1H2,2-3H3,(H,16,17,18,19)/b9-7+. The van der Waals surface area contributed by atoms with Crippen molar-refractivity contribution in [1.82, 2.24) is 5.32 Å². The first-order chi connectivity index (χ1) is 10.4. The summed E-state index contributed by atoms with van der Waals surface area (Å²) < 4.78 is 0.312. The minimum absolute atomic E-state index is 0.181. The van der Waals surface area contributed by atoms with E-state index < -0.39 is 11.8 Å². The van der Waals surface area contributed by atoms with Gasteiger partial charge in [0.15, 0.2) is 0 Å². The average Bonchev–Trinajstić information content (AvgIpc) is 2.93. The fourth-order valence-electron chi connectivity index (χ4n) is 1.26. The first kappa shape index (κ1) is 19.5. The zero-order valence-electron chi connectivity index (χ0n) is 11.7. The SMILES string of the molecule is C=C/C(Cl)=C(\SC)C(=O)NC(=NC(=O)c1sccc1Cl)[Se]C. The number of thioether (sulfide) groups is 1. The normalized spacial score (nSPS) is 12.6. The number of hydrogen-bond donors (Lipinski definition) is 1. The van der Waals surface area contributed by atoms with Gasteiger partial charge in [-0.1, -0.05) is 0 Å². The quantitative estimate of drug-likeness (QED) is 0.249. The van der Waals surface area contributed by atoms with Crippen LogP contribution < -0.4 is 5.32 Å². The fourth-order valence-corrected chi connectivity index (χ4v) is 3.88. The molecule has 0 bridgehead atoms. The molecule has 0 aliphatic carbocycles. The molecule has 1 N–H and O–H groups in total. The Balaban J connectivity index is 2.96. The zero-order valence-corrected chi connectivity index (χ0v) is 16.5. The molecule has 0 saturated carbocycles. The van der Waals surface area contributed by atoms with Gasteiger partial charge in [-0.2, -0.15) is 0 Å². The maximum absolute atomic E-state index is 12.2. The van der Waals surface area contributed by atoms with Crippen molar-refractivity contribution in [3.63, 3.8) is 0 Å². The first-order valence-electron chi connectivity index (χ1n) is 5.72. The third-order valence-corrected chi connectivity index (χ3v) is 6.05. The molecule has 1 heterocycles. The molecule has 0 aliphatic heterocycles. The number of thiophene rings is 1. The van der Waals surface area contributed by atoms with Crippen LogP contribution in [0.5, 0.6) is 0 Å². The molecule has 0 saturated heterocycles. The molecule has 118 valence electrons. The van der Waals surface area contributed by atoms with E-state index in [2.05, 4.69) is 16.9 Å². The van der Waals surface area contributed by atoms with Gasteiger partial charge in [0.2, 0.25) is 0 Å². The van der Waals surface area contributed by atoms with Crippen LogP contribution in [-0.4, -0.2) is 37.8 Å². The molecule has 2 amide bonds. The Kier molecular flexibility index (Phi) is 8.46. The summed E-state index contributed by atoms with van der Waals surface area (Å²) in [5.74, 6) is 0.959. The van der Waals surface area contributed by atoms with E-state index in [-0.39, 0.29) is 20.0 Å². The summed E-state index contributed by atoms with van der Waals surface area (Å²) in [6.07, 6.45) is 3.11. The first-order valence-corrected chi connectivity index (χ1v) is 11.1. The monoisotopic (exact) mass is 442 g/mol. The summed E-state index contributed by atoms with van der Waals surface area (Å²) in [5.41, 5.74) is 0. The van der Waals surface area contributed by atoms with E-state index in [9.17, 15) is 9.59 Å². The van der Waals surface area contributed by atoms with Gasteiger partial charge in [0.1, 0.15) is 0 Å². The molecule has 0 fully saturated rings. The number of amidine groups is 1. The molecule has 1 aromatic rings. The van der Waals surface area contributed by atoms with E-state index in [0.717, 1.165) is 0 Å². The molecule has 9 heteroatoms. The number of halogens is 2. The fraction of sp³-hybridized carbons (Fsp3) is 0.154. The van der Waals surface area contributed by atoms with Gasteiger partial charge in [-0.15, -0.1) is 0 Å². The van der Waals surface area contributed by atoms with Crippen LogP contribution >= 0.6 is 46.3 Å². The van der Waals surface area contributed by atoms with E-state index in [0.29, 0.717) is 19.5 Å². The van der Waals surface area contributed by atoms with Gasteiger partial charge in [0.25, 0.3) is 0 Å². The molecule has 1 rings (SSSR count). The van der Waals surface area contributed by atoms with Crippen molar-refractivity contribution < 1.29 is 9.59 Å². The van der Waals surface area contributed by atoms with Gasteiger partial charge in [0, 0.05) is 0 Å². The average molecular weight is 442 g/mol. The number of carbonyl (C=O) groups is 2. The third kappa shape index (κ3) is 5.26. The summed E-state index contributed by atoms with van der Waals surface area (Å²) >= 11 is 14.0. The number of allylic oxidation sites excluding steroid dienone is 2. The summed E-state index contributed by atoms with van der Waals surface area (Å²) in [7, 11) is 0. The predicted molar refractivity (Wildman–Crippen MR) is 97.4 cm³/mol. The molecule has 4 nitrogen and oxygen atoms in total. The Bertz CT molecular complexity index is 656. The van der Waals surface area contributed by atoms with Crippen molar-refractivity contribution in [2.45, 2.75) is 5.82 Å². The Hall–Kier alpha value is -0.561. The Morgan fingerprint density at radius 1 is 1.55 bits per heavy atom. The zero-order chi connectivity index (χ0) is 16.7. The van der Waals surface area contributed by atoms with E-state index in [1.54, 1.807) is 17.7 Å². The van der Waals surface area contributed by atoms with Gasteiger partial charge in [0.05, 0.1) is 0 Å². The van der Waals surface area contributed by atoms with Crippen LogP contribution in [0.1, 0.15) is 9.67 Å². The van der Waals surface area contributed by atoms with Crippen LogP contribution in [0.25, 0.3) is 0 Å². The topological polar surface area (TPSA) is 58.5 Å². The summed E-state index contributed by atoms with van der Waals surface area (Å²) in [6, 6.07) is 1.63. The molecule has 0 aliphatic rings. The van der Waals surface area contributed by atoms with Gasteiger partial charge >= 0.3 is 154 Å². The predicted octanol–water partition coefficient (Wildman–Crippen LogP) is 3.77. The van der Waals surface area contributed by atoms with Crippen molar-refractivity contribution in [2.24, 2.45) is 4.99 Å². The van der Waals surface area contributed by atoms with Gasteiger partial charge < -0.3 is 0 Å². The number of amides is 2.